The number of nitrogens with zero attached hydrogens (tertiary/aromatic N) is 1. The number of nitrogens with one attached hydrogen (secondary N) is 1. The molecular weight excluding hydrogens is 307 g/mol. The van der Waals surface area contributed by atoms with E-state index in [0.717, 1.165) is 27.7 Å². The molecule has 2 nitrogen and oxygen atoms in total. The van der Waals surface area contributed by atoms with Crippen LogP contribution in [0.15, 0.2) is 41.1 Å². The summed E-state index contributed by atoms with van der Waals surface area (Å²) in [6.07, 6.45) is 2.92. The van der Waals surface area contributed by atoms with Gasteiger partial charge in [-0.05, 0) is 48.4 Å². The topological polar surface area (TPSA) is 24.9 Å². The lowest BCUT2D eigenvalue weighted by atomic mass is 9.98. The molecule has 1 N–H and O–H groups in total. The molecule has 0 aliphatic heterocycles. The molecule has 0 amide bonds. The standard InChI is InChI=1S/C15H16BrFN2/c1-3-19-15(12-7-14(17)9-18-8-12)11-4-10(2)5-13(16)6-11/h4-9,15,19H,3H2,1-2H3. The summed E-state index contributed by atoms with van der Waals surface area (Å²) < 4.78 is 14.4. The Kier molecular flexibility index (Phi) is 4.66. The van der Waals surface area contributed by atoms with Crippen LogP contribution in [-0.4, -0.2) is 11.5 Å². The highest BCUT2D eigenvalue weighted by atomic mass is 79.9. The second-order valence-electron chi connectivity index (χ2n) is 4.49. The summed E-state index contributed by atoms with van der Waals surface area (Å²) in [4.78, 5) is 3.93. The minimum absolute atomic E-state index is 0.0515. The molecule has 0 saturated heterocycles. The first-order valence-corrected chi connectivity index (χ1v) is 7.00. The summed E-state index contributed by atoms with van der Waals surface area (Å²) in [6, 6.07) is 7.67. The van der Waals surface area contributed by atoms with E-state index in [-0.39, 0.29) is 11.9 Å². The van der Waals surface area contributed by atoms with Crippen molar-refractivity contribution in [1.29, 1.82) is 0 Å². The second kappa shape index (κ2) is 6.26. The zero-order chi connectivity index (χ0) is 13.8. The summed E-state index contributed by atoms with van der Waals surface area (Å²) in [7, 11) is 0. The van der Waals surface area contributed by atoms with Crippen LogP contribution in [0.2, 0.25) is 0 Å². The quantitative estimate of drug-likeness (QED) is 0.920. The van der Waals surface area contributed by atoms with E-state index in [4.69, 9.17) is 0 Å². The SMILES string of the molecule is CCNC(c1cncc(F)c1)c1cc(C)cc(Br)c1. The Bertz CT molecular complexity index is 552. The lowest BCUT2D eigenvalue weighted by molar-refractivity contribution is 0.596. The van der Waals surface area contributed by atoms with Crippen LogP contribution in [0.4, 0.5) is 4.39 Å². The summed E-state index contributed by atoms with van der Waals surface area (Å²) in [5.41, 5.74) is 3.09. The normalized spacial score (nSPS) is 12.4. The minimum Gasteiger partial charge on any atom is -0.306 e. The van der Waals surface area contributed by atoms with Gasteiger partial charge < -0.3 is 5.32 Å². The molecule has 19 heavy (non-hydrogen) atoms. The number of benzene rings is 1. The van der Waals surface area contributed by atoms with E-state index in [9.17, 15) is 4.39 Å². The zero-order valence-corrected chi connectivity index (χ0v) is 12.5. The van der Waals surface area contributed by atoms with Crippen LogP contribution >= 0.6 is 15.9 Å². The third kappa shape index (κ3) is 3.61. The van der Waals surface area contributed by atoms with E-state index in [2.05, 4.69) is 38.4 Å². The Hall–Kier alpha value is -1.26. The van der Waals surface area contributed by atoms with Gasteiger partial charge in [0.05, 0.1) is 12.2 Å². The Morgan fingerprint density at radius 2 is 2.00 bits per heavy atom. The van der Waals surface area contributed by atoms with Gasteiger partial charge in [0.2, 0.25) is 0 Å². The van der Waals surface area contributed by atoms with Crippen LogP contribution in [0.1, 0.15) is 29.7 Å². The van der Waals surface area contributed by atoms with E-state index in [1.807, 2.05) is 19.9 Å². The van der Waals surface area contributed by atoms with Crippen molar-refractivity contribution in [2.45, 2.75) is 19.9 Å². The van der Waals surface area contributed by atoms with Gasteiger partial charge in [0, 0.05) is 10.7 Å². The molecule has 0 fully saturated rings. The summed E-state index contributed by atoms with van der Waals surface area (Å²) in [6.45, 7) is 4.87. The van der Waals surface area contributed by atoms with Crippen LogP contribution in [0.3, 0.4) is 0 Å². The second-order valence-corrected chi connectivity index (χ2v) is 5.40. The summed E-state index contributed by atoms with van der Waals surface area (Å²) in [5, 5.41) is 3.37. The molecule has 0 aliphatic carbocycles. The first-order chi connectivity index (χ1) is 9.10. The van der Waals surface area contributed by atoms with E-state index in [1.165, 1.54) is 12.3 Å². The van der Waals surface area contributed by atoms with Crippen molar-refractivity contribution in [2.24, 2.45) is 0 Å². The Morgan fingerprint density at radius 3 is 2.63 bits per heavy atom. The van der Waals surface area contributed by atoms with Gasteiger partial charge in [0.15, 0.2) is 0 Å². The van der Waals surface area contributed by atoms with Crippen molar-refractivity contribution in [3.8, 4) is 0 Å². The van der Waals surface area contributed by atoms with Gasteiger partial charge in [-0.15, -0.1) is 0 Å². The average Bonchev–Trinajstić information content (AvgIpc) is 2.34. The Morgan fingerprint density at radius 1 is 1.21 bits per heavy atom. The van der Waals surface area contributed by atoms with E-state index in [1.54, 1.807) is 6.20 Å². The molecule has 2 rings (SSSR count). The lowest BCUT2D eigenvalue weighted by Gasteiger charge is -2.19. The van der Waals surface area contributed by atoms with Crippen molar-refractivity contribution in [1.82, 2.24) is 10.3 Å². The summed E-state index contributed by atoms with van der Waals surface area (Å²) >= 11 is 3.50. The molecule has 4 heteroatoms. The molecule has 1 aromatic carbocycles. The number of aryl methyl sites for hydroxylation is 1. The van der Waals surface area contributed by atoms with E-state index < -0.39 is 0 Å². The molecule has 0 bridgehead atoms. The average molecular weight is 323 g/mol. The Labute approximate surface area is 121 Å². The highest BCUT2D eigenvalue weighted by Crippen LogP contribution is 2.26. The molecule has 1 unspecified atom stereocenters. The fourth-order valence-electron chi connectivity index (χ4n) is 2.15. The number of halogens is 2. The zero-order valence-electron chi connectivity index (χ0n) is 11.0. The highest BCUT2D eigenvalue weighted by Gasteiger charge is 2.14. The predicted octanol–water partition coefficient (Wildman–Crippen LogP) is 3.99. The lowest BCUT2D eigenvalue weighted by Crippen LogP contribution is -2.22. The predicted molar refractivity (Wildman–Crippen MR) is 78.6 cm³/mol. The molecule has 100 valence electrons. The number of hydrogen-bond donors (Lipinski definition) is 1. The first-order valence-electron chi connectivity index (χ1n) is 6.21. The van der Waals surface area contributed by atoms with Gasteiger partial charge in [-0.25, -0.2) is 4.39 Å². The summed E-state index contributed by atoms with van der Waals surface area (Å²) in [5.74, 6) is -0.313. The van der Waals surface area contributed by atoms with Gasteiger partial charge in [-0.2, -0.15) is 0 Å². The van der Waals surface area contributed by atoms with Gasteiger partial charge in [0.25, 0.3) is 0 Å². The van der Waals surface area contributed by atoms with E-state index in [0.29, 0.717) is 0 Å². The van der Waals surface area contributed by atoms with Crippen molar-refractivity contribution in [3.05, 3.63) is 63.6 Å². The monoisotopic (exact) mass is 322 g/mol. The maximum absolute atomic E-state index is 13.3. The molecule has 0 spiro atoms. The smallest absolute Gasteiger partial charge is 0.141 e. The first kappa shape index (κ1) is 14.2. The third-order valence-corrected chi connectivity index (χ3v) is 3.32. The van der Waals surface area contributed by atoms with Crippen LogP contribution in [0.25, 0.3) is 0 Å². The highest BCUT2D eigenvalue weighted by molar-refractivity contribution is 9.10. The molecule has 1 atom stereocenters. The fourth-order valence-corrected chi connectivity index (χ4v) is 2.78. The van der Waals surface area contributed by atoms with Crippen molar-refractivity contribution in [2.75, 3.05) is 6.54 Å². The molecule has 0 aliphatic rings. The van der Waals surface area contributed by atoms with Gasteiger partial charge in [0.1, 0.15) is 5.82 Å². The van der Waals surface area contributed by atoms with Gasteiger partial charge >= 0.3 is 0 Å². The van der Waals surface area contributed by atoms with Crippen molar-refractivity contribution < 1.29 is 4.39 Å². The molecule has 0 radical (unpaired) electrons. The fraction of sp³-hybridized carbons (Fsp3) is 0.267. The molecular formula is C15H16BrFN2. The maximum atomic E-state index is 13.3. The maximum Gasteiger partial charge on any atom is 0.141 e. The number of hydrogen-bond acceptors (Lipinski definition) is 2. The minimum atomic E-state index is -0.313. The molecule has 1 heterocycles. The van der Waals surface area contributed by atoms with Gasteiger partial charge in [-0.3, -0.25) is 4.98 Å². The largest absolute Gasteiger partial charge is 0.306 e. The number of aromatic nitrogens is 1. The van der Waals surface area contributed by atoms with Crippen molar-refractivity contribution in [3.63, 3.8) is 0 Å². The number of pyridine rings is 1. The molecule has 0 saturated carbocycles. The molecule has 2 aromatic rings. The van der Waals surface area contributed by atoms with Crippen LogP contribution < -0.4 is 5.32 Å². The molecule has 1 aromatic heterocycles. The van der Waals surface area contributed by atoms with Crippen LogP contribution in [-0.2, 0) is 0 Å². The van der Waals surface area contributed by atoms with Crippen LogP contribution in [0, 0.1) is 12.7 Å². The van der Waals surface area contributed by atoms with Gasteiger partial charge in [-0.1, -0.05) is 28.9 Å². The van der Waals surface area contributed by atoms with E-state index >= 15 is 0 Å². The van der Waals surface area contributed by atoms with Crippen molar-refractivity contribution >= 4 is 15.9 Å². The third-order valence-electron chi connectivity index (χ3n) is 2.87. The Balaban J connectivity index is 2.44. The number of rotatable bonds is 4. The van der Waals surface area contributed by atoms with Crippen LogP contribution in [0.5, 0.6) is 0 Å².